The number of imidazole rings is 1. The monoisotopic (exact) mass is 284 g/mol. The van der Waals surface area contributed by atoms with Gasteiger partial charge < -0.3 is 10.1 Å². The fourth-order valence-corrected chi connectivity index (χ4v) is 2.32. The van der Waals surface area contributed by atoms with Crippen LogP contribution in [0.4, 0.5) is 0 Å². The average Bonchev–Trinajstić information content (AvgIpc) is 2.83. The van der Waals surface area contributed by atoms with Crippen molar-refractivity contribution in [3.63, 3.8) is 0 Å². The van der Waals surface area contributed by atoms with E-state index in [2.05, 4.69) is 15.3 Å². The highest BCUT2D eigenvalue weighted by Crippen LogP contribution is 2.18. The Morgan fingerprint density at radius 2 is 2.29 bits per heavy atom. The number of nitrogens with zero attached hydrogens (tertiary/aromatic N) is 3. The molecule has 6 nitrogen and oxygen atoms in total. The quantitative estimate of drug-likeness (QED) is 0.869. The molecule has 3 rings (SSSR count). The number of hydrogen-bond acceptors (Lipinski definition) is 4. The molecule has 0 atom stereocenters. The number of pyridine rings is 1. The van der Waals surface area contributed by atoms with Crippen molar-refractivity contribution in [2.24, 2.45) is 4.99 Å². The normalized spacial score (nSPS) is 15.5. The Labute approximate surface area is 122 Å². The summed E-state index contributed by atoms with van der Waals surface area (Å²) >= 11 is 0. The lowest BCUT2D eigenvalue weighted by Gasteiger charge is -2.09. The third kappa shape index (κ3) is 2.29. The summed E-state index contributed by atoms with van der Waals surface area (Å²) in [5.74, 6) is 0.228. The van der Waals surface area contributed by atoms with Gasteiger partial charge in [-0.1, -0.05) is 6.07 Å². The van der Waals surface area contributed by atoms with Crippen molar-refractivity contribution in [3.8, 4) is 0 Å². The number of carbonyl (C=O) groups is 1. The Kier molecular flexibility index (Phi) is 3.43. The molecule has 2 aromatic rings. The number of aromatic nitrogens is 2. The first-order valence-electron chi connectivity index (χ1n) is 6.91. The fourth-order valence-electron chi connectivity index (χ4n) is 2.32. The smallest absolute Gasteiger partial charge is 0.354 e. The zero-order valence-electron chi connectivity index (χ0n) is 12.0. The van der Waals surface area contributed by atoms with E-state index in [1.54, 1.807) is 19.2 Å². The lowest BCUT2D eigenvalue weighted by atomic mass is 10.3. The van der Waals surface area contributed by atoms with Gasteiger partial charge in [-0.3, -0.25) is 9.39 Å². The van der Waals surface area contributed by atoms with Gasteiger partial charge in [-0.15, -0.1) is 0 Å². The molecule has 0 fully saturated rings. The zero-order valence-corrected chi connectivity index (χ0v) is 12.0. The van der Waals surface area contributed by atoms with Crippen LogP contribution in [0.2, 0.25) is 0 Å². The van der Waals surface area contributed by atoms with Gasteiger partial charge in [0.15, 0.2) is 5.84 Å². The summed E-state index contributed by atoms with van der Waals surface area (Å²) in [5.41, 5.74) is 2.88. The molecule has 0 amide bonds. The van der Waals surface area contributed by atoms with Crippen molar-refractivity contribution < 1.29 is 9.53 Å². The molecular weight excluding hydrogens is 268 g/mol. The number of hydrogen-bond donors (Lipinski definition) is 1. The standard InChI is InChI=1S/C15H16N4O2/c1-3-16-14-12-9-17-13-7-5-6-10(19(12)13)8-11(18-14)15(20)21-4-2/h5-9H,3-4H2,1-2H3,(H,16,18). The SMILES string of the molecule is CCN=C1NC(C(=O)OCC)=Cc2cccc3ncc1n23. The van der Waals surface area contributed by atoms with E-state index in [-0.39, 0.29) is 0 Å². The van der Waals surface area contributed by atoms with E-state index < -0.39 is 5.97 Å². The highest BCUT2D eigenvalue weighted by Gasteiger charge is 2.21. The summed E-state index contributed by atoms with van der Waals surface area (Å²) in [4.78, 5) is 20.9. The van der Waals surface area contributed by atoms with Crippen LogP contribution in [0, 0.1) is 0 Å². The number of nitrogens with one attached hydrogen (secondary N) is 1. The summed E-state index contributed by atoms with van der Waals surface area (Å²) in [6, 6.07) is 5.75. The van der Waals surface area contributed by atoms with E-state index >= 15 is 0 Å². The molecular formula is C15H16N4O2. The highest BCUT2D eigenvalue weighted by molar-refractivity contribution is 6.06. The van der Waals surface area contributed by atoms with Crippen molar-refractivity contribution in [1.29, 1.82) is 0 Å². The van der Waals surface area contributed by atoms with E-state index in [9.17, 15) is 4.79 Å². The number of esters is 1. The number of amidine groups is 1. The van der Waals surface area contributed by atoms with Crippen LogP contribution >= 0.6 is 0 Å². The molecule has 1 aliphatic heterocycles. The molecule has 2 aromatic heterocycles. The van der Waals surface area contributed by atoms with Crippen LogP contribution in [0.3, 0.4) is 0 Å². The fraction of sp³-hybridized carbons (Fsp3) is 0.267. The molecule has 1 aliphatic rings. The minimum atomic E-state index is -0.392. The van der Waals surface area contributed by atoms with Crippen molar-refractivity contribution in [1.82, 2.24) is 14.7 Å². The summed E-state index contributed by atoms with van der Waals surface area (Å²) in [6.45, 7) is 4.66. The Bertz CT molecular complexity index is 758. The van der Waals surface area contributed by atoms with Gasteiger partial charge in [0.2, 0.25) is 0 Å². The van der Waals surface area contributed by atoms with E-state index in [4.69, 9.17) is 4.74 Å². The largest absolute Gasteiger partial charge is 0.461 e. The molecule has 6 heteroatoms. The minimum absolute atomic E-state index is 0.330. The van der Waals surface area contributed by atoms with Gasteiger partial charge in [-0.2, -0.15) is 0 Å². The molecule has 21 heavy (non-hydrogen) atoms. The Morgan fingerprint density at radius 1 is 1.43 bits per heavy atom. The molecule has 3 heterocycles. The first-order chi connectivity index (χ1) is 10.2. The van der Waals surface area contributed by atoms with Gasteiger partial charge in [0, 0.05) is 6.54 Å². The van der Waals surface area contributed by atoms with Gasteiger partial charge in [0.05, 0.1) is 18.5 Å². The second-order valence-electron chi connectivity index (χ2n) is 4.51. The molecule has 0 unspecified atom stereocenters. The molecule has 0 saturated heterocycles. The Morgan fingerprint density at radius 3 is 3.05 bits per heavy atom. The zero-order chi connectivity index (χ0) is 14.8. The van der Waals surface area contributed by atoms with Crippen molar-refractivity contribution >= 4 is 23.5 Å². The molecule has 0 aromatic carbocycles. The minimum Gasteiger partial charge on any atom is -0.461 e. The topological polar surface area (TPSA) is 68.0 Å². The maximum atomic E-state index is 12.1. The van der Waals surface area contributed by atoms with E-state index in [0.29, 0.717) is 24.7 Å². The van der Waals surface area contributed by atoms with Crippen LogP contribution in [0.1, 0.15) is 25.2 Å². The number of carbonyl (C=O) groups excluding carboxylic acids is 1. The van der Waals surface area contributed by atoms with Gasteiger partial charge >= 0.3 is 5.97 Å². The highest BCUT2D eigenvalue weighted by atomic mass is 16.5. The average molecular weight is 284 g/mol. The van der Waals surface area contributed by atoms with Crippen LogP contribution in [-0.4, -0.2) is 34.3 Å². The second kappa shape index (κ2) is 5.40. The van der Waals surface area contributed by atoms with Crippen LogP contribution in [0.25, 0.3) is 11.7 Å². The predicted octanol–water partition coefficient (Wildman–Crippen LogP) is 1.61. The second-order valence-corrected chi connectivity index (χ2v) is 4.51. The molecule has 108 valence electrons. The molecule has 0 bridgehead atoms. The summed E-state index contributed by atoms with van der Waals surface area (Å²) in [5, 5.41) is 3.07. The van der Waals surface area contributed by atoms with E-state index in [1.165, 1.54) is 0 Å². The molecule has 0 saturated carbocycles. The third-order valence-corrected chi connectivity index (χ3v) is 3.16. The van der Waals surface area contributed by atoms with Crippen LogP contribution in [-0.2, 0) is 9.53 Å². The summed E-state index contributed by atoms with van der Waals surface area (Å²) in [7, 11) is 0. The molecule has 0 radical (unpaired) electrons. The third-order valence-electron chi connectivity index (χ3n) is 3.16. The van der Waals surface area contributed by atoms with Gasteiger partial charge in [-0.05, 0) is 32.1 Å². The van der Waals surface area contributed by atoms with Gasteiger partial charge in [0.1, 0.15) is 17.0 Å². The summed E-state index contributed by atoms with van der Waals surface area (Å²) < 4.78 is 7.05. The van der Waals surface area contributed by atoms with Crippen LogP contribution in [0.5, 0.6) is 0 Å². The first-order valence-corrected chi connectivity index (χ1v) is 6.91. The first kappa shape index (κ1) is 13.4. The lowest BCUT2D eigenvalue weighted by molar-refractivity contribution is -0.138. The van der Waals surface area contributed by atoms with Crippen LogP contribution in [0.15, 0.2) is 35.1 Å². The number of rotatable bonds is 3. The predicted molar refractivity (Wildman–Crippen MR) is 80.0 cm³/mol. The number of aliphatic imine (C=N–C) groups is 1. The van der Waals surface area contributed by atoms with Crippen molar-refractivity contribution in [2.45, 2.75) is 13.8 Å². The molecule has 1 N–H and O–H groups in total. The van der Waals surface area contributed by atoms with E-state index in [1.807, 2.05) is 29.5 Å². The van der Waals surface area contributed by atoms with Crippen LogP contribution < -0.4 is 5.32 Å². The Balaban J connectivity index is 2.20. The maximum absolute atomic E-state index is 12.1. The maximum Gasteiger partial charge on any atom is 0.354 e. The van der Waals surface area contributed by atoms with Crippen molar-refractivity contribution in [3.05, 3.63) is 41.5 Å². The molecule has 0 spiro atoms. The Hall–Kier alpha value is -2.63. The van der Waals surface area contributed by atoms with Crippen molar-refractivity contribution in [2.75, 3.05) is 13.2 Å². The summed E-state index contributed by atoms with van der Waals surface area (Å²) in [6.07, 6.45) is 3.51. The van der Waals surface area contributed by atoms with Gasteiger partial charge in [0.25, 0.3) is 0 Å². The van der Waals surface area contributed by atoms with Gasteiger partial charge in [-0.25, -0.2) is 9.78 Å². The molecule has 0 aliphatic carbocycles. The van der Waals surface area contributed by atoms with E-state index in [0.717, 1.165) is 17.0 Å². The number of ether oxygens (including phenoxy) is 1. The lowest BCUT2D eigenvalue weighted by Crippen LogP contribution is -2.29.